The van der Waals surface area contributed by atoms with E-state index in [1.165, 1.54) is 11.0 Å². The Morgan fingerprint density at radius 2 is 2.33 bits per heavy atom. The zero-order chi connectivity index (χ0) is 13.1. The Hall–Kier alpha value is -2.12. The minimum Gasteiger partial charge on any atom is -0.454 e. The zero-order valence-electron chi connectivity index (χ0n) is 10.1. The van der Waals surface area contributed by atoms with Crippen molar-refractivity contribution in [3.05, 3.63) is 6.33 Å². The molecule has 0 unspecified atom stereocenters. The van der Waals surface area contributed by atoms with Gasteiger partial charge in [-0.2, -0.15) is 0 Å². The van der Waals surface area contributed by atoms with Crippen LogP contribution in [0.15, 0.2) is 6.33 Å². The third-order valence-corrected chi connectivity index (χ3v) is 2.69. The normalized spacial score (nSPS) is 14.3. The number of carbonyl (C=O) groups is 2. The predicted octanol–water partition coefficient (Wildman–Crippen LogP) is -0.976. The Morgan fingerprint density at radius 1 is 1.61 bits per heavy atom. The van der Waals surface area contributed by atoms with Gasteiger partial charge in [-0.3, -0.25) is 9.59 Å². The van der Waals surface area contributed by atoms with Crippen molar-refractivity contribution in [3.8, 4) is 0 Å². The van der Waals surface area contributed by atoms with Gasteiger partial charge in [0.25, 0.3) is 5.91 Å². The van der Waals surface area contributed by atoms with Gasteiger partial charge >= 0.3 is 5.97 Å². The highest BCUT2D eigenvalue weighted by molar-refractivity contribution is 5.80. The van der Waals surface area contributed by atoms with E-state index in [1.807, 2.05) is 0 Å². The Labute approximate surface area is 104 Å². The average Bonchev–Trinajstić information content (AvgIpc) is 3.10. The van der Waals surface area contributed by atoms with Crippen LogP contribution < -0.4 is 5.73 Å². The second kappa shape index (κ2) is 5.03. The van der Waals surface area contributed by atoms with Gasteiger partial charge in [-0.1, -0.05) is 0 Å². The molecule has 1 aliphatic rings. The third kappa shape index (κ3) is 3.19. The summed E-state index contributed by atoms with van der Waals surface area (Å²) in [7, 11) is 1.71. The number of likely N-dealkylation sites (N-methyl/N-ethyl adjacent to an activating group) is 1. The highest BCUT2D eigenvalue weighted by Crippen LogP contribution is 2.25. The van der Waals surface area contributed by atoms with Crippen LogP contribution in [0.1, 0.15) is 12.8 Å². The molecule has 1 saturated carbocycles. The monoisotopic (exact) mass is 253 g/mol. The largest absolute Gasteiger partial charge is 0.454 e. The molecule has 0 radical (unpaired) electrons. The molecular formula is C10H15N5O3. The molecule has 0 atom stereocenters. The second-order valence-electron chi connectivity index (χ2n) is 4.20. The van der Waals surface area contributed by atoms with E-state index in [0.717, 1.165) is 12.8 Å². The van der Waals surface area contributed by atoms with E-state index in [2.05, 4.69) is 10.1 Å². The lowest BCUT2D eigenvalue weighted by Gasteiger charge is -2.15. The molecule has 1 aliphatic carbocycles. The van der Waals surface area contributed by atoms with Crippen molar-refractivity contribution in [2.24, 2.45) is 0 Å². The van der Waals surface area contributed by atoms with Crippen molar-refractivity contribution in [1.29, 1.82) is 0 Å². The van der Waals surface area contributed by atoms with Crippen LogP contribution in [0.4, 0.5) is 5.95 Å². The maximum Gasteiger partial charge on any atom is 0.328 e. The standard InChI is InChI=1S/C10H15N5O3/c1-14(7-2-3-7)8(16)5-18-9(17)4-15-6-12-10(11)13-15/h6-7H,2-5H2,1H3,(H2,11,13). The Balaban J connectivity index is 1.72. The summed E-state index contributed by atoms with van der Waals surface area (Å²) in [5.74, 6) is -0.645. The minimum atomic E-state index is -0.544. The molecule has 0 aromatic carbocycles. The first-order valence-electron chi connectivity index (χ1n) is 5.62. The van der Waals surface area contributed by atoms with Gasteiger partial charge in [-0.25, -0.2) is 9.67 Å². The smallest absolute Gasteiger partial charge is 0.328 e. The molecule has 18 heavy (non-hydrogen) atoms. The van der Waals surface area contributed by atoms with Crippen LogP contribution in [0.5, 0.6) is 0 Å². The van der Waals surface area contributed by atoms with E-state index in [4.69, 9.17) is 10.5 Å². The van der Waals surface area contributed by atoms with E-state index < -0.39 is 5.97 Å². The van der Waals surface area contributed by atoms with Gasteiger partial charge in [0.05, 0.1) is 0 Å². The number of aromatic nitrogens is 3. The summed E-state index contributed by atoms with van der Waals surface area (Å²) in [6.07, 6.45) is 3.37. The molecule has 1 fully saturated rings. The maximum absolute atomic E-state index is 11.6. The van der Waals surface area contributed by atoms with Gasteiger partial charge in [-0.05, 0) is 12.8 Å². The Bertz CT molecular complexity index is 454. The van der Waals surface area contributed by atoms with Crippen LogP contribution in [0.3, 0.4) is 0 Å². The lowest BCUT2D eigenvalue weighted by molar-refractivity contribution is -0.152. The van der Waals surface area contributed by atoms with Crippen LogP contribution in [0.25, 0.3) is 0 Å². The summed E-state index contributed by atoms with van der Waals surface area (Å²) in [5, 5.41) is 3.74. The van der Waals surface area contributed by atoms with Crippen LogP contribution in [-0.4, -0.2) is 51.2 Å². The van der Waals surface area contributed by atoms with E-state index in [1.54, 1.807) is 11.9 Å². The predicted molar refractivity (Wildman–Crippen MR) is 61.2 cm³/mol. The molecule has 0 aliphatic heterocycles. The first kappa shape index (κ1) is 12.3. The summed E-state index contributed by atoms with van der Waals surface area (Å²) >= 11 is 0. The number of anilines is 1. The molecule has 1 aromatic rings. The number of nitrogens with two attached hydrogens (primary N) is 1. The Kier molecular flexibility index (Phi) is 3.45. The molecule has 8 heteroatoms. The van der Waals surface area contributed by atoms with E-state index in [0.29, 0.717) is 6.04 Å². The number of hydrogen-bond acceptors (Lipinski definition) is 6. The number of amides is 1. The topological polar surface area (TPSA) is 103 Å². The summed E-state index contributed by atoms with van der Waals surface area (Å²) < 4.78 is 6.11. The average molecular weight is 253 g/mol. The van der Waals surface area contributed by atoms with E-state index >= 15 is 0 Å². The lowest BCUT2D eigenvalue weighted by Crippen LogP contribution is -2.33. The zero-order valence-corrected chi connectivity index (χ0v) is 10.1. The minimum absolute atomic E-state index is 0.0901. The number of carbonyl (C=O) groups excluding carboxylic acids is 2. The highest BCUT2D eigenvalue weighted by Gasteiger charge is 2.29. The fourth-order valence-electron chi connectivity index (χ4n) is 1.47. The molecule has 2 N–H and O–H groups in total. The number of rotatable bonds is 5. The number of nitrogen functional groups attached to an aromatic ring is 1. The lowest BCUT2D eigenvalue weighted by atomic mass is 10.5. The molecule has 98 valence electrons. The van der Waals surface area contributed by atoms with Crippen LogP contribution in [0, 0.1) is 0 Å². The number of esters is 1. The molecule has 1 heterocycles. The van der Waals surface area contributed by atoms with Crippen molar-refractivity contribution in [1.82, 2.24) is 19.7 Å². The van der Waals surface area contributed by atoms with Crippen molar-refractivity contribution >= 4 is 17.8 Å². The number of ether oxygens (including phenoxy) is 1. The summed E-state index contributed by atoms with van der Waals surface area (Å²) in [4.78, 5) is 28.3. The number of nitrogens with zero attached hydrogens (tertiary/aromatic N) is 4. The van der Waals surface area contributed by atoms with Gasteiger partial charge in [0.15, 0.2) is 6.61 Å². The van der Waals surface area contributed by atoms with Gasteiger partial charge < -0.3 is 15.4 Å². The van der Waals surface area contributed by atoms with Crippen LogP contribution in [0.2, 0.25) is 0 Å². The summed E-state index contributed by atoms with van der Waals surface area (Å²) in [6.45, 7) is -0.347. The molecule has 2 rings (SSSR count). The highest BCUT2D eigenvalue weighted by atomic mass is 16.5. The first-order chi connectivity index (χ1) is 8.56. The van der Waals surface area contributed by atoms with Gasteiger partial charge in [0.2, 0.25) is 5.95 Å². The molecule has 0 spiro atoms. The fraction of sp³-hybridized carbons (Fsp3) is 0.600. The maximum atomic E-state index is 11.6. The molecule has 0 saturated heterocycles. The van der Waals surface area contributed by atoms with Crippen molar-refractivity contribution in [3.63, 3.8) is 0 Å². The fourth-order valence-corrected chi connectivity index (χ4v) is 1.47. The Morgan fingerprint density at radius 3 is 2.89 bits per heavy atom. The van der Waals surface area contributed by atoms with E-state index in [-0.39, 0.29) is 25.0 Å². The SMILES string of the molecule is CN(C(=O)COC(=O)Cn1cnc(N)n1)C1CC1. The van der Waals surface area contributed by atoms with Gasteiger partial charge in [-0.15, -0.1) is 5.10 Å². The van der Waals surface area contributed by atoms with Crippen LogP contribution >= 0.6 is 0 Å². The van der Waals surface area contributed by atoms with Crippen molar-refractivity contribution in [2.75, 3.05) is 19.4 Å². The molecule has 1 aromatic heterocycles. The third-order valence-electron chi connectivity index (χ3n) is 2.69. The molecule has 1 amide bonds. The quantitative estimate of drug-likeness (QED) is 0.677. The number of hydrogen-bond donors (Lipinski definition) is 1. The van der Waals surface area contributed by atoms with Gasteiger partial charge in [0, 0.05) is 13.1 Å². The first-order valence-corrected chi connectivity index (χ1v) is 5.62. The summed E-state index contributed by atoms with van der Waals surface area (Å²) in [6, 6.07) is 0.311. The molecular weight excluding hydrogens is 238 g/mol. The summed E-state index contributed by atoms with van der Waals surface area (Å²) in [5.41, 5.74) is 5.30. The van der Waals surface area contributed by atoms with E-state index in [9.17, 15) is 9.59 Å². The van der Waals surface area contributed by atoms with Crippen molar-refractivity contribution < 1.29 is 14.3 Å². The van der Waals surface area contributed by atoms with Crippen molar-refractivity contribution in [2.45, 2.75) is 25.4 Å². The second-order valence-corrected chi connectivity index (χ2v) is 4.20. The van der Waals surface area contributed by atoms with Crippen LogP contribution in [-0.2, 0) is 20.9 Å². The van der Waals surface area contributed by atoms with Gasteiger partial charge in [0.1, 0.15) is 12.9 Å². The molecule has 0 bridgehead atoms. The molecule has 8 nitrogen and oxygen atoms in total.